The Kier molecular flexibility index (Phi) is 10.9. The lowest BCUT2D eigenvalue weighted by Gasteiger charge is -2.22. The third kappa shape index (κ3) is 6.13. The van der Waals surface area contributed by atoms with Gasteiger partial charge in [0.1, 0.15) is 6.61 Å². The van der Waals surface area contributed by atoms with Crippen molar-refractivity contribution >= 4 is 91.2 Å². The van der Waals surface area contributed by atoms with Gasteiger partial charge in [-0.15, -0.1) is 13.2 Å². The summed E-state index contributed by atoms with van der Waals surface area (Å²) in [6.45, 7) is 7.72. The molecule has 152 valence electrons. The van der Waals surface area contributed by atoms with Crippen LogP contribution in [-0.2, 0) is 9.53 Å². The minimum absolute atomic E-state index is 0.143. The first-order chi connectivity index (χ1) is 13.2. The van der Waals surface area contributed by atoms with E-state index in [1.54, 1.807) is 19.2 Å². The number of carbonyl (C=O) groups is 3. The maximum atomic E-state index is 13.0. The normalized spacial score (nSPS) is 10.2. The fourth-order valence-corrected chi connectivity index (χ4v) is 6.58. The number of nitrogens with zero attached hydrogens (tertiary/aromatic N) is 1. The average Bonchev–Trinajstić information content (AvgIpc) is 2.63. The highest BCUT2D eigenvalue weighted by molar-refractivity contribution is 14.1. The Morgan fingerprint density at radius 2 is 1.68 bits per heavy atom. The van der Waals surface area contributed by atoms with Gasteiger partial charge in [0.25, 0.3) is 11.8 Å². The number of likely N-dealkylation sites (N-methyl/N-ethyl adjacent to an activating group) is 1. The zero-order valence-corrected chi connectivity index (χ0v) is 21.9. The first-order valence-electron chi connectivity index (χ1n) is 7.95. The number of nitrogens with one attached hydrogen (secondary N) is 2. The van der Waals surface area contributed by atoms with E-state index in [4.69, 9.17) is 4.74 Å². The molecule has 0 radical (unpaired) electrons. The fourth-order valence-electron chi connectivity index (χ4n) is 2.19. The number of anilines is 1. The maximum absolute atomic E-state index is 13.0. The lowest BCUT2D eigenvalue weighted by Crippen LogP contribution is -2.32. The second-order valence-corrected chi connectivity index (χ2v) is 8.76. The van der Waals surface area contributed by atoms with Crippen molar-refractivity contribution in [2.75, 3.05) is 39.2 Å². The van der Waals surface area contributed by atoms with Crippen LogP contribution in [0, 0.1) is 10.7 Å². The quantitative estimate of drug-likeness (QED) is 0.303. The van der Waals surface area contributed by atoms with Gasteiger partial charge in [-0.3, -0.25) is 14.4 Å². The van der Waals surface area contributed by atoms with E-state index in [-0.39, 0.29) is 30.9 Å². The highest BCUT2D eigenvalue weighted by Gasteiger charge is 2.29. The number of benzene rings is 1. The Balaban J connectivity index is 3.67. The van der Waals surface area contributed by atoms with Crippen LogP contribution in [-0.4, -0.2) is 56.5 Å². The van der Waals surface area contributed by atoms with Gasteiger partial charge in [-0.2, -0.15) is 0 Å². The minimum Gasteiger partial charge on any atom is -0.375 e. The number of hydrogen-bond acceptors (Lipinski definition) is 4. The van der Waals surface area contributed by atoms with Crippen LogP contribution < -0.4 is 10.6 Å². The first kappa shape index (κ1) is 25.3. The summed E-state index contributed by atoms with van der Waals surface area (Å²) in [7, 11) is 3.06. The van der Waals surface area contributed by atoms with E-state index in [9.17, 15) is 14.4 Å². The van der Waals surface area contributed by atoms with Crippen LogP contribution >= 0.6 is 67.8 Å². The van der Waals surface area contributed by atoms with Crippen LogP contribution in [0.2, 0.25) is 0 Å². The zero-order chi connectivity index (χ0) is 21.4. The van der Waals surface area contributed by atoms with E-state index in [0.717, 1.165) is 0 Å². The van der Waals surface area contributed by atoms with E-state index in [0.29, 0.717) is 34.1 Å². The van der Waals surface area contributed by atoms with Crippen LogP contribution in [0.25, 0.3) is 0 Å². The molecule has 0 heterocycles. The van der Waals surface area contributed by atoms with Crippen molar-refractivity contribution in [2.45, 2.75) is 0 Å². The van der Waals surface area contributed by atoms with Gasteiger partial charge in [0.05, 0.1) is 24.0 Å². The highest BCUT2D eigenvalue weighted by Crippen LogP contribution is 2.36. The van der Waals surface area contributed by atoms with E-state index in [1.165, 1.54) is 12.0 Å². The van der Waals surface area contributed by atoms with E-state index in [2.05, 4.69) is 23.8 Å². The topological polar surface area (TPSA) is 87.7 Å². The maximum Gasteiger partial charge on any atom is 0.256 e. The van der Waals surface area contributed by atoms with E-state index < -0.39 is 0 Å². The van der Waals surface area contributed by atoms with Gasteiger partial charge in [0.2, 0.25) is 5.91 Å². The molecule has 0 bridgehead atoms. The Morgan fingerprint density at radius 3 is 2.21 bits per heavy atom. The van der Waals surface area contributed by atoms with Crippen molar-refractivity contribution in [3.05, 3.63) is 47.1 Å². The first-order valence-corrected chi connectivity index (χ1v) is 11.2. The Hall–Kier alpha value is -0.740. The minimum atomic E-state index is -0.380. The summed E-state index contributed by atoms with van der Waals surface area (Å²) < 4.78 is 6.47. The molecule has 0 saturated carbocycles. The molecule has 0 aliphatic heterocycles. The molecule has 0 aliphatic rings. The largest absolute Gasteiger partial charge is 0.375 e. The van der Waals surface area contributed by atoms with Crippen LogP contribution in [0.5, 0.6) is 0 Å². The second kappa shape index (κ2) is 12.1. The molecular weight excluding hydrogens is 703 g/mol. The molecule has 0 unspecified atom stereocenters. The van der Waals surface area contributed by atoms with Crippen molar-refractivity contribution in [1.29, 1.82) is 0 Å². The molecule has 1 aromatic carbocycles. The fraction of sp³-hybridized carbons (Fsp3) is 0.278. The molecule has 1 rings (SSSR count). The molecule has 0 saturated heterocycles. The van der Waals surface area contributed by atoms with Gasteiger partial charge >= 0.3 is 0 Å². The number of hydrogen-bond donors (Lipinski definition) is 2. The number of amides is 3. The molecule has 2 N–H and O–H groups in total. The number of methoxy groups -OCH3 is 1. The molecule has 1 aromatic rings. The molecule has 0 aliphatic carbocycles. The molecule has 10 heteroatoms. The number of ether oxygens (including phenoxy) is 1. The van der Waals surface area contributed by atoms with Crippen LogP contribution in [0.3, 0.4) is 0 Å². The van der Waals surface area contributed by atoms with Gasteiger partial charge in [-0.25, -0.2) is 0 Å². The summed E-state index contributed by atoms with van der Waals surface area (Å²) in [5.41, 5.74) is 1.08. The number of halogens is 3. The molecule has 3 amide bonds. The lowest BCUT2D eigenvalue weighted by molar-refractivity contribution is -0.119. The molecule has 0 spiro atoms. The van der Waals surface area contributed by atoms with Crippen LogP contribution in [0.1, 0.15) is 20.7 Å². The molecule has 0 aromatic heterocycles. The summed E-state index contributed by atoms with van der Waals surface area (Å²) in [4.78, 5) is 39.4. The number of rotatable bonds is 9. The molecule has 7 nitrogen and oxygen atoms in total. The SMILES string of the molecule is C=CCNC(=O)c1c(I)c(NC(=O)COC)c(I)c(C(=O)N(C)CC=C)c1I. The van der Waals surface area contributed by atoms with Crippen molar-refractivity contribution < 1.29 is 19.1 Å². The zero-order valence-electron chi connectivity index (χ0n) is 15.4. The third-order valence-corrected chi connectivity index (χ3v) is 6.69. The molecule has 0 fully saturated rings. The molecule has 28 heavy (non-hydrogen) atoms. The average molecular weight is 723 g/mol. The smallest absolute Gasteiger partial charge is 0.256 e. The van der Waals surface area contributed by atoms with Gasteiger partial charge in [-0.05, 0) is 67.8 Å². The Labute approximate surface area is 205 Å². The van der Waals surface area contributed by atoms with Gasteiger partial charge in [0, 0.05) is 30.8 Å². The van der Waals surface area contributed by atoms with Crippen LogP contribution in [0.15, 0.2) is 25.3 Å². The number of carbonyl (C=O) groups excluding carboxylic acids is 3. The Morgan fingerprint density at radius 1 is 1.07 bits per heavy atom. The van der Waals surface area contributed by atoms with E-state index in [1.807, 2.05) is 67.8 Å². The van der Waals surface area contributed by atoms with Crippen molar-refractivity contribution in [3.63, 3.8) is 0 Å². The lowest BCUT2D eigenvalue weighted by atomic mass is 10.1. The van der Waals surface area contributed by atoms with Gasteiger partial charge in [0.15, 0.2) is 0 Å². The Bertz CT molecular complexity index is 812. The van der Waals surface area contributed by atoms with Crippen molar-refractivity contribution in [1.82, 2.24) is 10.2 Å². The second-order valence-electron chi connectivity index (χ2n) is 5.52. The summed E-state index contributed by atoms with van der Waals surface area (Å²) in [6.07, 6.45) is 3.18. The van der Waals surface area contributed by atoms with Crippen molar-refractivity contribution in [2.24, 2.45) is 0 Å². The van der Waals surface area contributed by atoms with Gasteiger partial charge < -0.3 is 20.3 Å². The molecular formula is C18H20I3N3O4. The van der Waals surface area contributed by atoms with E-state index >= 15 is 0 Å². The predicted molar refractivity (Wildman–Crippen MR) is 135 cm³/mol. The third-order valence-electron chi connectivity index (χ3n) is 3.45. The standard InChI is InChI=1S/C18H20I3N3O4/c1-5-7-22-17(26)11-13(19)12(18(27)24(3)8-6-2)15(21)16(14(11)20)23-10(25)9-28-4/h5-6H,1-2,7-9H2,3-4H3,(H,22,26)(H,23,25). The molecule has 0 atom stereocenters. The highest BCUT2D eigenvalue weighted by atomic mass is 127. The summed E-state index contributed by atoms with van der Waals surface area (Å²) in [5, 5.41) is 5.48. The van der Waals surface area contributed by atoms with Crippen molar-refractivity contribution in [3.8, 4) is 0 Å². The summed E-state index contributed by atoms with van der Waals surface area (Å²) >= 11 is 6.01. The summed E-state index contributed by atoms with van der Waals surface area (Å²) in [5.74, 6) is -1.01. The van der Waals surface area contributed by atoms with Crippen LogP contribution in [0.4, 0.5) is 5.69 Å². The predicted octanol–water partition coefficient (Wildman–Crippen LogP) is 3.26. The van der Waals surface area contributed by atoms with Gasteiger partial charge in [-0.1, -0.05) is 12.2 Å². The monoisotopic (exact) mass is 723 g/mol. The summed E-state index contributed by atoms with van der Waals surface area (Å²) in [6, 6.07) is 0.